The molecule has 0 radical (unpaired) electrons. The number of hydrogen-bond donors (Lipinski definition) is 1. The molecule has 12 heavy (non-hydrogen) atoms. The van der Waals surface area contributed by atoms with Crippen molar-refractivity contribution < 1.29 is 9.53 Å². The fraction of sp³-hybridized carbons (Fsp3) is 0.889. The van der Waals surface area contributed by atoms with Gasteiger partial charge in [0.05, 0.1) is 13.7 Å². The van der Waals surface area contributed by atoms with Gasteiger partial charge in [0.2, 0.25) is 0 Å². The molecule has 0 aromatic rings. The quantitative estimate of drug-likeness (QED) is 0.640. The highest BCUT2D eigenvalue weighted by Crippen LogP contribution is 2.38. The Balaban J connectivity index is 2.24. The summed E-state index contributed by atoms with van der Waals surface area (Å²) in [7, 11) is 1.41. The predicted octanol–water partition coefficient (Wildman–Crippen LogP) is 0.938. The van der Waals surface area contributed by atoms with Gasteiger partial charge in [-0.3, -0.25) is 4.79 Å². The zero-order chi connectivity index (χ0) is 9.19. The first kappa shape index (κ1) is 9.52. The van der Waals surface area contributed by atoms with Crippen molar-refractivity contribution in [2.75, 3.05) is 13.7 Å². The van der Waals surface area contributed by atoms with E-state index in [1.807, 2.05) is 0 Å². The van der Waals surface area contributed by atoms with Gasteiger partial charge in [-0.25, -0.2) is 0 Å². The van der Waals surface area contributed by atoms with E-state index in [0.29, 0.717) is 6.54 Å². The molecule has 0 saturated heterocycles. The molecule has 0 aliphatic heterocycles. The van der Waals surface area contributed by atoms with Crippen LogP contribution in [0, 0.1) is 5.92 Å². The van der Waals surface area contributed by atoms with Gasteiger partial charge in [0.15, 0.2) is 0 Å². The summed E-state index contributed by atoms with van der Waals surface area (Å²) in [5, 5.41) is 3.20. The third-order valence-corrected chi connectivity index (χ3v) is 2.51. The van der Waals surface area contributed by atoms with Crippen molar-refractivity contribution in [3.05, 3.63) is 0 Å². The van der Waals surface area contributed by atoms with Crippen LogP contribution < -0.4 is 5.32 Å². The lowest BCUT2D eigenvalue weighted by atomic mass is 9.99. The molecular formula is C9H17NO2. The van der Waals surface area contributed by atoms with Crippen molar-refractivity contribution in [1.82, 2.24) is 5.32 Å². The van der Waals surface area contributed by atoms with E-state index in [4.69, 9.17) is 0 Å². The molecule has 0 atom stereocenters. The van der Waals surface area contributed by atoms with E-state index in [9.17, 15) is 4.79 Å². The van der Waals surface area contributed by atoms with Crippen LogP contribution in [0.2, 0.25) is 0 Å². The van der Waals surface area contributed by atoms with E-state index in [-0.39, 0.29) is 11.5 Å². The Morgan fingerprint density at radius 3 is 2.58 bits per heavy atom. The lowest BCUT2D eigenvalue weighted by Gasteiger charge is -2.25. The van der Waals surface area contributed by atoms with Gasteiger partial charge in [-0.05, 0) is 32.6 Å². The van der Waals surface area contributed by atoms with Crippen molar-refractivity contribution in [3.63, 3.8) is 0 Å². The minimum atomic E-state index is -0.191. The monoisotopic (exact) mass is 171 g/mol. The van der Waals surface area contributed by atoms with E-state index < -0.39 is 0 Å². The number of nitrogens with one attached hydrogen (secondary N) is 1. The Labute approximate surface area is 73.5 Å². The lowest BCUT2D eigenvalue weighted by Crippen LogP contribution is -2.44. The van der Waals surface area contributed by atoms with Crippen LogP contribution in [0.5, 0.6) is 0 Å². The van der Waals surface area contributed by atoms with Gasteiger partial charge in [-0.15, -0.1) is 0 Å². The summed E-state index contributed by atoms with van der Waals surface area (Å²) < 4.78 is 4.54. The SMILES string of the molecule is COC(=O)CNC(C)(C)C1CC1. The Kier molecular flexibility index (Phi) is 2.73. The molecule has 0 spiro atoms. The Bertz CT molecular complexity index is 173. The van der Waals surface area contributed by atoms with E-state index in [0.717, 1.165) is 5.92 Å². The van der Waals surface area contributed by atoms with Crippen LogP contribution in [0.4, 0.5) is 0 Å². The van der Waals surface area contributed by atoms with Crippen molar-refractivity contribution in [1.29, 1.82) is 0 Å². The highest BCUT2D eigenvalue weighted by Gasteiger charge is 2.37. The van der Waals surface area contributed by atoms with Crippen LogP contribution >= 0.6 is 0 Å². The third kappa shape index (κ3) is 2.48. The first-order chi connectivity index (χ1) is 5.56. The third-order valence-electron chi connectivity index (χ3n) is 2.51. The Morgan fingerprint density at radius 2 is 2.17 bits per heavy atom. The van der Waals surface area contributed by atoms with Crippen LogP contribution in [0.15, 0.2) is 0 Å². The smallest absolute Gasteiger partial charge is 0.319 e. The average Bonchev–Trinajstić information content (AvgIpc) is 2.82. The maximum atomic E-state index is 10.8. The molecule has 1 saturated carbocycles. The molecule has 0 aromatic heterocycles. The molecule has 3 heteroatoms. The van der Waals surface area contributed by atoms with Crippen LogP contribution in [0.3, 0.4) is 0 Å². The molecular weight excluding hydrogens is 154 g/mol. The second-order valence-electron chi connectivity index (χ2n) is 3.93. The molecule has 1 aliphatic rings. The van der Waals surface area contributed by atoms with Crippen LogP contribution in [0.1, 0.15) is 26.7 Å². The zero-order valence-corrected chi connectivity index (χ0v) is 8.02. The largest absolute Gasteiger partial charge is 0.468 e. The number of ether oxygens (including phenoxy) is 1. The summed E-state index contributed by atoms with van der Waals surface area (Å²) in [5.41, 5.74) is 0.0915. The number of carbonyl (C=O) groups excluding carboxylic acids is 1. The van der Waals surface area contributed by atoms with Gasteiger partial charge in [0.1, 0.15) is 0 Å². The van der Waals surface area contributed by atoms with Crippen molar-refractivity contribution >= 4 is 5.97 Å². The van der Waals surface area contributed by atoms with Crippen LogP contribution in [-0.2, 0) is 9.53 Å². The van der Waals surface area contributed by atoms with Gasteiger partial charge >= 0.3 is 5.97 Å². The normalized spacial score (nSPS) is 17.6. The standard InChI is InChI=1S/C9H17NO2/c1-9(2,7-4-5-7)10-6-8(11)12-3/h7,10H,4-6H2,1-3H3. The fourth-order valence-electron chi connectivity index (χ4n) is 1.32. The highest BCUT2D eigenvalue weighted by atomic mass is 16.5. The summed E-state index contributed by atoms with van der Waals surface area (Å²) >= 11 is 0. The summed E-state index contributed by atoms with van der Waals surface area (Å²) in [4.78, 5) is 10.8. The van der Waals surface area contributed by atoms with E-state index in [1.54, 1.807) is 0 Å². The van der Waals surface area contributed by atoms with Gasteiger partial charge < -0.3 is 10.1 Å². The first-order valence-electron chi connectivity index (χ1n) is 4.38. The van der Waals surface area contributed by atoms with E-state index in [1.165, 1.54) is 20.0 Å². The topological polar surface area (TPSA) is 38.3 Å². The summed E-state index contributed by atoms with van der Waals surface area (Å²) in [5.74, 6) is 0.547. The number of hydrogen-bond acceptors (Lipinski definition) is 3. The minimum Gasteiger partial charge on any atom is -0.468 e. The number of carbonyl (C=O) groups is 1. The summed E-state index contributed by atoms with van der Waals surface area (Å²) in [6, 6.07) is 0. The Morgan fingerprint density at radius 1 is 1.58 bits per heavy atom. The van der Waals surface area contributed by atoms with E-state index in [2.05, 4.69) is 23.9 Å². The Hall–Kier alpha value is -0.570. The van der Waals surface area contributed by atoms with Gasteiger partial charge in [0.25, 0.3) is 0 Å². The molecule has 1 N–H and O–H groups in total. The molecule has 0 bridgehead atoms. The fourth-order valence-corrected chi connectivity index (χ4v) is 1.32. The molecule has 1 aliphatic carbocycles. The van der Waals surface area contributed by atoms with Crippen molar-refractivity contribution in [3.8, 4) is 0 Å². The summed E-state index contributed by atoms with van der Waals surface area (Å²) in [6.07, 6.45) is 2.56. The predicted molar refractivity (Wildman–Crippen MR) is 46.8 cm³/mol. The average molecular weight is 171 g/mol. The summed E-state index contributed by atoms with van der Waals surface area (Å²) in [6.45, 7) is 4.58. The van der Waals surface area contributed by atoms with Gasteiger partial charge in [-0.2, -0.15) is 0 Å². The zero-order valence-electron chi connectivity index (χ0n) is 8.02. The molecule has 1 rings (SSSR count). The molecule has 0 unspecified atom stereocenters. The molecule has 3 nitrogen and oxygen atoms in total. The second-order valence-corrected chi connectivity index (χ2v) is 3.93. The number of rotatable bonds is 4. The van der Waals surface area contributed by atoms with Gasteiger partial charge in [0, 0.05) is 5.54 Å². The molecule has 70 valence electrons. The molecule has 0 aromatic carbocycles. The maximum Gasteiger partial charge on any atom is 0.319 e. The van der Waals surface area contributed by atoms with Crippen LogP contribution in [-0.4, -0.2) is 25.2 Å². The van der Waals surface area contributed by atoms with Gasteiger partial charge in [-0.1, -0.05) is 0 Å². The second kappa shape index (κ2) is 3.44. The van der Waals surface area contributed by atoms with Crippen molar-refractivity contribution in [2.45, 2.75) is 32.2 Å². The number of esters is 1. The maximum absolute atomic E-state index is 10.8. The first-order valence-corrected chi connectivity index (χ1v) is 4.38. The lowest BCUT2D eigenvalue weighted by molar-refractivity contribution is -0.139. The minimum absolute atomic E-state index is 0.0915. The highest BCUT2D eigenvalue weighted by molar-refractivity contribution is 5.71. The molecule has 1 fully saturated rings. The number of methoxy groups -OCH3 is 1. The van der Waals surface area contributed by atoms with E-state index >= 15 is 0 Å². The van der Waals surface area contributed by atoms with Crippen LogP contribution in [0.25, 0.3) is 0 Å². The van der Waals surface area contributed by atoms with Crippen molar-refractivity contribution in [2.24, 2.45) is 5.92 Å². The molecule has 0 amide bonds. The molecule has 0 heterocycles.